The average molecular weight is 276 g/mol. The fourth-order valence-corrected chi connectivity index (χ4v) is 2.51. The summed E-state index contributed by atoms with van der Waals surface area (Å²) in [6.07, 6.45) is 3.29. The Bertz CT molecular complexity index is 422. The highest BCUT2D eigenvalue weighted by Crippen LogP contribution is 2.19. The van der Waals surface area contributed by atoms with Crippen LogP contribution in [0.15, 0.2) is 30.3 Å². The molecule has 2 rings (SSSR count). The molecule has 1 aliphatic heterocycles. The van der Waals surface area contributed by atoms with Crippen molar-refractivity contribution in [2.24, 2.45) is 5.73 Å². The third kappa shape index (κ3) is 4.32. The first-order valence-corrected chi connectivity index (χ1v) is 7.39. The Kier molecular flexibility index (Phi) is 5.56. The van der Waals surface area contributed by atoms with Gasteiger partial charge in [-0.3, -0.25) is 4.79 Å². The van der Waals surface area contributed by atoms with E-state index in [0.717, 1.165) is 25.7 Å². The largest absolute Gasteiger partial charge is 0.364 e. The second-order valence-corrected chi connectivity index (χ2v) is 5.49. The van der Waals surface area contributed by atoms with Crippen molar-refractivity contribution >= 4 is 5.91 Å². The number of hydrogen-bond donors (Lipinski definition) is 2. The SMILES string of the molecule is CC(CCc1ccccc1)NC(=O)C1CCC(CN)O1. The maximum absolute atomic E-state index is 12.1. The van der Waals surface area contributed by atoms with Gasteiger partial charge in [-0.2, -0.15) is 0 Å². The van der Waals surface area contributed by atoms with Crippen LogP contribution in [0.5, 0.6) is 0 Å². The van der Waals surface area contributed by atoms with Gasteiger partial charge < -0.3 is 15.8 Å². The summed E-state index contributed by atoms with van der Waals surface area (Å²) in [6, 6.07) is 10.5. The first-order valence-electron chi connectivity index (χ1n) is 7.39. The van der Waals surface area contributed by atoms with Crippen LogP contribution in [0.25, 0.3) is 0 Å². The van der Waals surface area contributed by atoms with Crippen LogP contribution in [0, 0.1) is 0 Å². The van der Waals surface area contributed by atoms with E-state index < -0.39 is 0 Å². The van der Waals surface area contributed by atoms with E-state index in [1.807, 2.05) is 25.1 Å². The van der Waals surface area contributed by atoms with Crippen LogP contribution in [0.2, 0.25) is 0 Å². The molecule has 0 bridgehead atoms. The Hall–Kier alpha value is -1.39. The van der Waals surface area contributed by atoms with E-state index in [9.17, 15) is 4.79 Å². The van der Waals surface area contributed by atoms with Crippen molar-refractivity contribution in [1.82, 2.24) is 5.32 Å². The zero-order valence-corrected chi connectivity index (χ0v) is 12.0. The number of amides is 1. The lowest BCUT2D eigenvalue weighted by Gasteiger charge is -2.17. The van der Waals surface area contributed by atoms with E-state index in [2.05, 4.69) is 17.4 Å². The van der Waals surface area contributed by atoms with Gasteiger partial charge in [-0.05, 0) is 38.2 Å². The number of aryl methyl sites for hydroxylation is 1. The van der Waals surface area contributed by atoms with Gasteiger partial charge in [-0.25, -0.2) is 0 Å². The highest BCUT2D eigenvalue weighted by molar-refractivity contribution is 5.81. The van der Waals surface area contributed by atoms with Gasteiger partial charge in [0, 0.05) is 12.6 Å². The van der Waals surface area contributed by atoms with Gasteiger partial charge in [0.25, 0.3) is 0 Å². The lowest BCUT2D eigenvalue weighted by Crippen LogP contribution is -2.40. The maximum atomic E-state index is 12.1. The van der Waals surface area contributed by atoms with Crippen LogP contribution in [0.1, 0.15) is 31.7 Å². The lowest BCUT2D eigenvalue weighted by atomic mass is 10.1. The molecule has 0 radical (unpaired) electrons. The topological polar surface area (TPSA) is 64.4 Å². The second kappa shape index (κ2) is 7.41. The molecular formula is C16H24N2O2. The zero-order valence-electron chi connectivity index (χ0n) is 12.0. The fraction of sp³-hybridized carbons (Fsp3) is 0.562. The molecule has 20 heavy (non-hydrogen) atoms. The van der Waals surface area contributed by atoms with Crippen LogP contribution in [0.3, 0.4) is 0 Å². The van der Waals surface area contributed by atoms with Gasteiger partial charge in [0.15, 0.2) is 0 Å². The first-order chi connectivity index (χ1) is 9.69. The van der Waals surface area contributed by atoms with Crippen LogP contribution < -0.4 is 11.1 Å². The number of carbonyl (C=O) groups excluding carboxylic acids is 1. The quantitative estimate of drug-likeness (QED) is 0.830. The smallest absolute Gasteiger partial charge is 0.249 e. The van der Waals surface area contributed by atoms with E-state index in [0.29, 0.717) is 6.54 Å². The van der Waals surface area contributed by atoms with Gasteiger partial charge in [-0.15, -0.1) is 0 Å². The highest BCUT2D eigenvalue weighted by Gasteiger charge is 2.30. The number of nitrogens with one attached hydrogen (secondary N) is 1. The predicted molar refractivity (Wildman–Crippen MR) is 79.3 cm³/mol. The third-order valence-electron chi connectivity index (χ3n) is 3.76. The molecule has 1 amide bonds. The molecule has 1 aliphatic rings. The summed E-state index contributed by atoms with van der Waals surface area (Å²) >= 11 is 0. The van der Waals surface area contributed by atoms with Gasteiger partial charge in [-0.1, -0.05) is 30.3 Å². The van der Waals surface area contributed by atoms with Crippen molar-refractivity contribution in [1.29, 1.82) is 0 Å². The number of benzene rings is 1. The van der Waals surface area contributed by atoms with Crippen molar-refractivity contribution in [3.05, 3.63) is 35.9 Å². The molecule has 0 aliphatic carbocycles. The molecule has 4 nitrogen and oxygen atoms in total. The first kappa shape index (κ1) is 15.0. The van der Waals surface area contributed by atoms with Crippen LogP contribution in [-0.4, -0.2) is 30.7 Å². The number of ether oxygens (including phenoxy) is 1. The minimum atomic E-state index is -0.317. The van der Waals surface area contributed by atoms with Gasteiger partial charge in [0.2, 0.25) is 5.91 Å². The fourth-order valence-electron chi connectivity index (χ4n) is 2.51. The molecule has 0 aromatic heterocycles. The van der Waals surface area contributed by atoms with Gasteiger partial charge >= 0.3 is 0 Å². The summed E-state index contributed by atoms with van der Waals surface area (Å²) in [5.74, 6) is 0.00140. The molecule has 3 atom stereocenters. The van der Waals surface area contributed by atoms with Crippen molar-refractivity contribution in [3.63, 3.8) is 0 Å². The van der Waals surface area contributed by atoms with E-state index in [1.165, 1.54) is 5.56 Å². The van der Waals surface area contributed by atoms with Crippen LogP contribution in [-0.2, 0) is 16.0 Å². The van der Waals surface area contributed by atoms with Crippen molar-refractivity contribution in [3.8, 4) is 0 Å². The molecule has 1 aromatic rings. The summed E-state index contributed by atoms with van der Waals surface area (Å²) in [5.41, 5.74) is 6.85. The Morgan fingerprint density at radius 3 is 2.80 bits per heavy atom. The molecule has 1 aromatic carbocycles. The second-order valence-electron chi connectivity index (χ2n) is 5.49. The predicted octanol–water partition coefficient (Wildman–Crippen LogP) is 1.63. The minimum absolute atomic E-state index is 0.00140. The minimum Gasteiger partial charge on any atom is -0.364 e. The standard InChI is InChI=1S/C16H24N2O2/c1-12(7-8-13-5-3-2-4-6-13)18-16(19)15-10-9-14(11-17)20-15/h2-6,12,14-15H,7-11,17H2,1H3,(H,18,19). The van der Waals surface area contributed by atoms with Crippen molar-refractivity contribution < 1.29 is 9.53 Å². The highest BCUT2D eigenvalue weighted by atomic mass is 16.5. The summed E-state index contributed by atoms with van der Waals surface area (Å²) < 4.78 is 5.60. The van der Waals surface area contributed by atoms with E-state index in [4.69, 9.17) is 10.5 Å². The molecule has 3 N–H and O–H groups in total. The Labute approximate surface area is 120 Å². The molecule has 1 saturated heterocycles. The normalized spacial score (nSPS) is 23.5. The molecular weight excluding hydrogens is 252 g/mol. The van der Waals surface area contributed by atoms with E-state index in [-0.39, 0.29) is 24.2 Å². The summed E-state index contributed by atoms with van der Waals surface area (Å²) in [5, 5.41) is 3.03. The zero-order chi connectivity index (χ0) is 14.4. The van der Waals surface area contributed by atoms with Crippen molar-refractivity contribution in [2.45, 2.75) is 50.9 Å². The van der Waals surface area contributed by atoms with Crippen molar-refractivity contribution in [2.75, 3.05) is 6.54 Å². The Balaban J connectivity index is 1.71. The maximum Gasteiger partial charge on any atom is 0.249 e. The third-order valence-corrected chi connectivity index (χ3v) is 3.76. The Morgan fingerprint density at radius 2 is 2.15 bits per heavy atom. The molecule has 1 heterocycles. The number of hydrogen-bond acceptors (Lipinski definition) is 3. The van der Waals surface area contributed by atoms with E-state index in [1.54, 1.807) is 0 Å². The molecule has 4 heteroatoms. The average Bonchev–Trinajstić information content (AvgIpc) is 2.95. The molecule has 1 fully saturated rings. The van der Waals surface area contributed by atoms with Gasteiger partial charge in [0.1, 0.15) is 6.10 Å². The van der Waals surface area contributed by atoms with Crippen LogP contribution in [0.4, 0.5) is 0 Å². The molecule has 0 spiro atoms. The molecule has 3 unspecified atom stereocenters. The monoisotopic (exact) mass is 276 g/mol. The number of nitrogens with two attached hydrogens (primary N) is 1. The molecule has 110 valence electrons. The number of rotatable bonds is 6. The van der Waals surface area contributed by atoms with Crippen LogP contribution >= 0.6 is 0 Å². The Morgan fingerprint density at radius 1 is 1.40 bits per heavy atom. The van der Waals surface area contributed by atoms with E-state index >= 15 is 0 Å². The van der Waals surface area contributed by atoms with Gasteiger partial charge in [0.05, 0.1) is 6.10 Å². The molecule has 0 saturated carbocycles. The summed E-state index contributed by atoms with van der Waals surface area (Å²) in [6.45, 7) is 2.53. The number of carbonyl (C=O) groups is 1. The summed E-state index contributed by atoms with van der Waals surface area (Å²) in [4.78, 5) is 12.1. The lowest BCUT2D eigenvalue weighted by molar-refractivity contribution is -0.132. The summed E-state index contributed by atoms with van der Waals surface area (Å²) in [7, 11) is 0.